The highest BCUT2D eigenvalue weighted by molar-refractivity contribution is 9.10. The zero-order chi connectivity index (χ0) is 13.3. The minimum atomic E-state index is -0.650. The molecule has 0 radical (unpaired) electrons. The molecule has 4 nitrogen and oxygen atoms in total. The Labute approximate surface area is 116 Å². The zero-order valence-electron chi connectivity index (χ0n) is 11.1. The molecule has 2 atom stereocenters. The molecule has 5 heteroatoms. The first-order valence-electron chi connectivity index (χ1n) is 6.36. The molecule has 0 spiro atoms. The van der Waals surface area contributed by atoms with Gasteiger partial charge in [0, 0.05) is 18.2 Å². The van der Waals surface area contributed by atoms with Crippen LogP contribution in [0, 0.1) is 12.8 Å². The first-order valence-corrected chi connectivity index (χ1v) is 7.15. The molecule has 0 amide bonds. The Kier molecular flexibility index (Phi) is 3.92. The number of aromatic nitrogens is 2. The fraction of sp³-hybridized carbons (Fsp3) is 0.692. The van der Waals surface area contributed by atoms with Gasteiger partial charge in [0.2, 0.25) is 0 Å². The summed E-state index contributed by atoms with van der Waals surface area (Å²) in [5, 5.41) is 13.7. The highest BCUT2D eigenvalue weighted by Crippen LogP contribution is 2.36. The summed E-state index contributed by atoms with van der Waals surface area (Å²) in [6, 6.07) is 0.274. The van der Waals surface area contributed by atoms with Crippen molar-refractivity contribution in [1.29, 1.82) is 0 Å². The minimum Gasteiger partial charge on any atom is -0.390 e. The zero-order valence-corrected chi connectivity index (χ0v) is 12.7. The second-order valence-electron chi connectivity index (χ2n) is 5.56. The second-order valence-corrected chi connectivity index (χ2v) is 6.41. The minimum absolute atomic E-state index is 0.264. The van der Waals surface area contributed by atoms with Gasteiger partial charge in [0.25, 0.3) is 0 Å². The lowest BCUT2D eigenvalue weighted by Gasteiger charge is -2.31. The van der Waals surface area contributed by atoms with Crippen LogP contribution in [0.5, 0.6) is 0 Å². The Morgan fingerprint density at radius 1 is 1.44 bits per heavy atom. The van der Waals surface area contributed by atoms with E-state index < -0.39 is 5.60 Å². The van der Waals surface area contributed by atoms with Gasteiger partial charge in [-0.2, -0.15) is 0 Å². The molecule has 1 aliphatic rings. The molecule has 2 rings (SSSR count). The van der Waals surface area contributed by atoms with E-state index in [1.807, 2.05) is 20.8 Å². The summed E-state index contributed by atoms with van der Waals surface area (Å²) >= 11 is 3.46. The smallest absolute Gasteiger partial charge is 0.144 e. The maximum Gasteiger partial charge on any atom is 0.144 e. The van der Waals surface area contributed by atoms with Gasteiger partial charge in [-0.05, 0) is 49.5 Å². The van der Waals surface area contributed by atoms with E-state index in [2.05, 4.69) is 31.2 Å². The molecular weight excluding hydrogens is 294 g/mol. The van der Waals surface area contributed by atoms with Crippen molar-refractivity contribution >= 4 is 21.7 Å². The first kappa shape index (κ1) is 13.7. The van der Waals surface area contributed by atoms with Gasteiger partial charge in [-0.15, -0.1) is 0 Å². The van der Waals surface area contributed by atoms with Crippen LogP contribution in [0.25, 0.3) is 0 Å². The molecule has 0 saturated heterocycles. The third-order valence-electron chi connectivity index (χ3n) is 3.61. The molecule has 1 aromatic rings. The fourth-order valence-electron chi connectivity index (χ4n) is 2.71. The average Bonchev–Trinajstić information content (AvgIpc) is 2.71. The summed E-state index contributed by atoms with van der Waals surface area (Å²) in [4.78, 5) is 8.54. The number of hydrogen-bond acceptors (Lipinski definition) is 4. The lowest BCUT2D eigenvalue weighted by Crippen LogP contribution is -2.39. The average molecular weight is 314 g/mol. The van der Waals surface area contributed by atoms with Gasteiger partial charge in [0.15, 0.2) is 0 Å². The molecule has 0 bridgehead atoms. The third kappa shape index (κ3) is 3.01. The molecule has 1 aromatic heterocycles. The predicted octanol–water partition coefficient (Wildman–Crippen LogP) is 2.90. The normalized spacial score (nSPS) is 24.3. The molecule has 100 valence electrons. The number of anilines is 1. The number of nitrogens with zero attached hydrogens (tertiary/aromatic N) is 2. The molecule has 0 aliphatic heterocycles. The second kappa shape index (κ2) is 5.13. The molecule has 1 heterocycles. The molecule has 1 fully saturated rings. The number of aryl methyl sites for hydroxylation is 1. The van der Waals surface area contributed by atoms with Crippen LogP contribution >= 0.6 is 15.9 Å². The van der Waals surface area contributed by atoms with Crippen molar-refractivity contribution in [1.82, 2.24) is 9.97 Å². The van der Waals surface area contributed by atoms with Crippen LogP contribution in [0.3, 0.4) is 0 Å². The fourth-order valence-corrected chi connectivity index (χ4v) is 3.02. The third-order valence-corrected chi connectivity index (χ3v) is 4.19. The van der Waals surface area contributed by atoms with Crippen molar-refractivity contribution < 1.29 is 5.11 Å². The lowest BCUT2D eigenvalue weighted by atomic mass is 9.86. The van der Waals surface area contributed by atoms with Crippen molar-refractivity contribution in [3.05, 3.63) is 16.5 Å². The van der Waals surface area contributed by atoms with Gasteiger partial charge >= 0.3 is 0 Å². The van der Waals surface area contributed by atoms with Crippen molar-refractivity contribution in [3.8, 4) is 0 Å². The Morgan fingerprint density at radius 3 is 2.83 bits per heavy atom. The standard InChI is InChI=1S/C13H20BrN3O/c1-8-15-7-10(14)12(16-8)17-11-6-4-5-9(11)13(2,3)18/h7,9,11,18H,4-6H2,1-3H3,(H,15,16,17)/t9-,11-/m1/s1. The number of hydrogen-bond donors (Lipinski definition) is 2. The van der Waals surface area contributed by atoms with E-state index in [0.717, 1.165) is 35.4 Å². The van der Waals surface area contributed by atoms with Gasteiger partial charge in [0.05, 0.1) is 10.1 Å². The van der Waals surface area contributed by atoms with Crippen LogP contribution in [-0.4, -0.2) is 26.7 Å². The van der Waals surface area contributed by atoms with E-state index in [4.69, 9.17) is 0 Å². The van der Waals surface area contributed by atoms with E-state index >= 15 is 0 Å². The number of aliphatic hydroxyl groups is 1. The van der Waals surface area contributed by atoms with E-state index in [1.165, 1.54) is 0 Å². The maximum absolute atomic E-state index is 10.2. The van der Waals surface area contributed by atoms with Crippen LogP contribution in [0.15, 0.2) is 10.7 Å². The molecule has 0 unspecified atom stereocenters. The van der Waals surface area contributed by atoms with Crippen LogP contribution in [0.2, 0.25) is 0 Å². The molecule has 2 N–H and O–H groups in total. The molecule has 0 aromatic carbocycles. The van der Waals surface area contributed by atoms with Gasteiger partial charge < -0.3 is 10.4 Å². The Bertz CT molecular complexity index is 431. The predicted molar refractivity (Wildman–Crippen MR) is 75.5 cm³/mol. The van der Waals surface area contributed by atoms with E-state index in [0.29, 0.717) is 0 Å². The van der Waals surface area contributed by atoms with Gasteiger partial charge in [-0.25, -0.2) is 9.97 Å². The molecule has 1 aliphatic carbocycles. The summed E-state index contributed by atoms with van der Waals surface area (Å²) in [6.45, 7) is 5.65. The van der Waals surface area contributed by atoms with Gasteiger partial charge in [0.1, 0.15) is 11.6 Å². The Hall–Kier alpha value is -0.680. The highest BCUT2D eigenvalue weighted by Gasteiger charge is 2.37. The van der Waals surface area contributed by atoms with Crippen molar-refractivity contribution in [2.24, 2.45) is 5.92 Å². The summed E-state index contributed by atoms with van der Waals surface area (Å²) in [6.07, 6.45) is 5.04. The van der Waals surface area contributed by atoms with Crippen LogP contribution in [-0.2, 0) is 0 Å². The lowest BCUT2D eigenvalue weighted by molar-refractivity contribution is 0.0161. The van der Waals surface area contributed by atoms with Crippen molar-refractivity contribution in [3.63, 3.8) is 0 Å². The van der Waals surface area contributed by atoms with Crippen molar-refractivity contribution in [2.45, 2.75) is 51.7 Å². The molecule has 18 heavy (non-hydrogen) atoms. The summed E-state index contributed by atoms with van der Waals surface area (Å²) in [5.74, 6) is 1.84. The summed E-state index contributed by atoms with van der Waals surface area (Å²) < 4.78 is 0.870. The number of halogens is 1. The van der Waals surface area contributed by atoms with E-state index in [1.54, 1.807) is 6.20 Å². The van der Waals surface area contributed by atoms with Crippen LogP contribution in [0.1, 0.15) is 38.9 Å². The topological polar surface area (TPSA) is 58.0 Å². The summed E-state index contributed by atoms with van der Waals surface area (Å²) in [5.41, 5.74) is -0.650. The molecule has 1 saturated carbocycles. The summed E-state index contributed by atoms with van der Waals surface area (Å²) in [7, 11) is 0. The number of rotatable bonds is 3. The van der Waals surface area contributed by atoms with Crippen LogP contribution in [0.4, 0.5) is 5.82 Å². The highest BCUT2D eigenvalue weighted by atomic mass is 79.9. The van der Waals surface area contributed by atoms with Gasteiger partial charge in [-0.3, -0.25) is 0 Å². The monoisotopic (exact) mass is 313 g/mol. The van der Waals surface area contributed by atoms with E-state index in [-0.39, 0.29) is 12.0 Å². The largest absolute Gasteiger partial charge is 0.390 e. The molecular formula is C13H20BrN3O. The van der Waals surface area contributed by atoms with Gasteiger partial charge in [-0.1, -0.05) is 6.42 Å². The SMILES string of the molecule is Cc1ncc(Br)c(N[C@@H]2CCC[C@H]2C(C)(C)O)n1. The maximum atomic E-state index is 10.2. The van der Waals surface area contributed by atoms with E-state index in [9.17, 15) is 5.11 Å². The Balaban J connectivity index is 2.15. The quantitative estimate of drug-likeness (QED) is 0.901. The van der Waals surface area contributed by atoms with Crippen LogP contribution < -0.4 is 5.32 Å². The first-order chi connectivity index (χ1) is 8.38. The number of nitrogens with one attached hydrogen (secondary N) is 1. The Morgan fingerprint density at radius 2 is 2.17 bits per heavy atom. The van der Waals surface area contributed by atoms with Crippen molar-refractivity contribution in [2.75, 3.05) is 5.32 Å².